The molecule has 0 spiro atoms. The largest absolute Gasteiger partial charge is 0.378 e. The molecule has 1 unspecified atom stereocenters. The minimum Gasteiger partial charge on any atom is -0.378 e. The molecule has 1 aliphatic rings. The highest BCUT2D eigenvalue weighted by molar-refractivity contribution is 6.01. The summed E-state index contributed by atoms with van der Waals surface area (Å²) in [4.78, 5) is 28.2. The van der Waals surface area contributed by atoms with Gasteiger partial charge < -0.3 is 15.1 Å². The molecule has 1 saturated heterocycles. The lowest BCUT2D eigenvalue weighted by atomic mass is 10.0. The molecule has 1 N–H and O–H groups in total. The molecular formula is C16H23N3O2. The Labute approximate surface area is 125 Å². The molecule has 21 heavy (non-hydrogen) atoms. The highest BCUT2D eigenvalue weighted by Gasteiger charge is 2.32. The predicted octanol–water partition coefficient (Wildman–Crippen LogP) is 1.63. The molecular weight excluding hydrogens is 266 g/mol. The fourth-order valence-electron chi connectivity index (χ4n) is 2.45. The van der Waals surface area contributed by atoms with E-state index in [0.29, 0.717) is 13.0 Å². The lowest BCUT2D eigenvalue weighted by Crippen LogP contribution is -2.47. The second-order valence-corrected chi connectivity index (χ2v) is 5.94. The third-order valence-electron chi connectivity index (χ3n) is 3.74. The highest BCUT2D eigenvalue weighted by atomic mass is 16.2. The topological polar surface area (TPSA) is 52.7 Å². The van der Waals surface area contributed by atoms with Crippen LogP contribution in [0, 0.1) is 5.92 Å². The second kappa shape index (κ2) is 6.16. The Morgan fingerprint density at radius 3 is 2.62 bits per heavy atom. The first-order chi connectivity index (χ1) is 9.90. The number of nitrogens with zero attached hydrogens (tertiary/aromatic N) is 2. The van der Waals surface area contributed by atoms with Crippen LogP contribution in [-0.2, 0) is 9.59 Å². The van der Waals surface area contributed by atoms with Crippen LogP contribution in [0.3, 0.4) is 0 Å². The molecule has 2 rings (SSSR count). The van der Waals surface area contributed by atoms with Crippen molar-refractivity contribution in [2.75, 3.05) is 30.4 Å². The van der Waals surface area contributed by atoms with Crippen LogP contribution in [-0.4, -0.2) is 38.5 Å². The summed E-state index contributed by atoms with van der Waals surface area (Å²) in [5.41, 5.74) is 1.87. The van der Waals surface area contributed by atoms with E-state index in [2.05, 4.69) is 5.32 Å². The molecule has 0 aliphatic carbocycles. The predicted molar refractivity (Wildman–Crippen MR) is 84.5 cm³/mol. The van der Waals surface area contributed by atoms with Crippen LogP contribution in [0.1, 0.15) is 20.3 Å². The summed E-state index contributed by atoms with van der Waals surface area (Å²) in [7, 11) is 3.93. The number of carbonyl (C=O) groups excluding carboxylic acids is 2. The van der Waals surface area contributed by atoms with Crippen molar-refractivity contribution in [1.82, 2.24) is 5.32 Å². The van der Waals surface area contributed by atoms with E-state index in [1.165, 1.54) is 0 Å². The van der Waals surface area contributed by atoms with Crippen molar-refractivity contribution in [2.45, 2.75) is 26.3 Å². The van der Waals surface area contributed by atoms with Gasteiger partial charge in [-0.15, -0.1) is 0 Å². The van der Waals surface area contributed by atoms with Gasteiger partial charge in [-0.25, -0.2) is 0 Å². The zero-order valence-corrected chi connectivity index (χ0v) is 13.1. The molecule has 1 aliphatic heterocycles. The first kappa shape index (κ1) is 15.4. The van der Waals surface area contributed by atoms with Crippen LogP contribution in [0.2, 0.25) is 0 Å². The molecule has 0 radical (unpaired) electrons. The van der Waals surface area contributed by atoms with Gasteiger partial charge in [-0.3, -0.25) is 9.59 Å². The fraction of sp³-hybridized carbons (Fsp3) is 0.500. The van der Waals surface area contributed by atoms with Gasteiger partial charge in [0.1, 0.15) is 6.04 Å². The number of anilines is 2. The summed E-state index contributed by atoms with van der Waals surface area (Å²) in [6.07, 6.45) is 0.334. The molecule has 1 aromatic carbocycles. The Kier molecular flexibility index (Phi) is 4.50. The smallest absolute Gasteiger partial charge is 0.249 e. The standard InChI is InChI=1S/C16H23N3O2/c1-11(2)15-16(21)19(9-8-14(20)17-15)13-7-5-6-12(10-13)18(3)4/h5-7,10-11,15H,8-9H2,1-4H3,(H,17,20). The van der Waals surface area contributed by atoms with Crippen molar-refractivity contribution in [3.05, 3.63) is 24.3 Å². The molecule has 1 atom stereocenters. The summed E-state index contributed by atoms with van der Waals surface area (Å²) in [5, 5.41) is 2.82. The van der Waals surface area contributed by atoms with Crippen LogP contribution in [0.5, 0.6) is 0 Å². The Morgan fingerprint density at radius 2 is 2.00 bits per heavy atom. The summed E-state index contributed by atoms with van der Waals surface area (Å²) >= 11 is 0. The molecule has 1 fully saturated rings. The number of amides is 2. The maximum atomic E-state index is 12.7. The number of hydrogen-bond donors (Lipinski definition) is 1. The van der Waals surface area contributed by atoms with Crippen LogP contribution in [0.25, 0.3) is 0 Å². The Morgan fingerprint density at radius 1 is 1.29 bits per heavy atom. The van der Waals surface area contributed by atoms with Crippen LogP contribution >= 0.6 is 0 Å². The third kappa shape index (κ3) is 3.35. The van der Waals surface area contributed by atoms with E-state index in [0.717, 1.165) is 11.4 Å². The lowest BCUT2D eigenvalue weighted by Gasteiger charge is -2.27. The minimum absolute atomic E-state index is 0.0354. The van der Waals surface area contributed by atoms with Crippen molar-refractivity contribution in [1.29, 1.82) is 0 Å². The molecule has 1 heterocycles. The Balaban J connectivity index is 2.34. The molecule has 0 bridgehead atoms. The third-order valence-corrected chi connectivity index (χ3v) is 3.74. The van der Waals surface area contributed by atoms with Gasteiger partial charge in [-0.1, -0.05) is 19.9 Å². The van der Waals surface area contributed by atoms with E-state index in [1.807, 2.05) is 57.1 Å². The number of nitrogens with one attached hydrogen (secondary N) is 1. The van der Waals surface area contributed by atoms with Crippen molar-refractivity contribution in [2.24, 2.45) is 5.92 Å². The average Bonchev–Trinajstić information content (AvgIpc) is 2.58. The van der Waals surface area contributed by atoms with E-state index < -0.39 is 6.04 Å². The number of hydrogen-bond acceptors (Lipinski definition) is 3. The van der Waals surface area contributed by atoms with Gasteiger partial charge in [-0.05, 0) is 24.1 Å². The highest BCUT2D eigenvalue weighted by Crippen LogP contribution is 2.24. The maximum Gasteiger partial charge on any atom is 0.249 e. The monoisotopic (exact) mass is 289 g/mol. The van der Waals surface area contributed by atoms with Gasteiger partial charge in [0.2, 0.25) is 11.8 Å². The lowest BCUT2D eigenvalue weighted by molar-refractivity contribution is -0.126. The van der Waals surface area contributed by atoms with Gasteiger partial charge >= 0.3 is 0 Å². The average molecular weight is 289 g/mol. The van der Waals surface area contributed by atoms with Gasteiger partial charge in [0.05, 0.1) is 0 Å². The van der Waals surface area contributed by atoms with Gasteiger partial charge in [0.25, 0.3) is 0 Å². The van der Waals surface area contributed by atoms with Crippen molar-refractivity contribution < 1.29 is 9.59 Å². The zero-order chi connectivity index (χ0) is 15.6. The van der Waals surface area contributed by atoms with E-state index in [9.17, 15) is 9.59 Å². The van der Waals surface area contributed by atoms with Crippen molar-refractivity contribution >= 4 is 23.2 Å². The van der Waals surface area contributed by atoms with E-state index >= 15 is 0 Å². The van der Waals surface area contributed by atoms with Crippen molar-refractivity contribution in [3.8, 4) is 0 Å². The van der Waals surface area contributed by atoms with E-state index in [-0.39, 0.29) is 17.7 Å². The van der Waals surface area contributed by atoms with Gasteiger partial charge in [-0.2, -0.15) is 0 Å². The Bertz CT molecular complexity index is 540. The van der Waals surface area contributed by atoms with Gasteiger partial charge in [0.15, 0.2) is 0 Å². The molecule has 0 saturated carbocycles. The molecule has 1 aromatic rings. The molecule has 5 heteroatoms. The van der Waals surface area contributed by atoms with E-state index in [1.54, 1.807) is 4.90 Å². The normalized spacial score (nSPS) is 19.5. The summed E-state index contributed by atoms with van der Waals surface area (Å²) in [6.45, 7) is 4.32. The van der Waals surface area contributed by atoms with Gasteiger partial charge in [0, 0.05) is 38.4 Å². The van der Waals surface area contributed by atoms with Crippen LogP contribution < -0.4 is 15.1 Å². The number of carbonyl (C=O) groups is 2. The molecule has 5 nitrogen and oxygen atoms in total. The fourth-order valence-corrected chi connectivity index (χ4v) is 2.45. The van der Waals surface area contributed by atoms with E-state index in [4.69, 9.17) is 0 Å². The number of rotatable bonds is 3. The quantitative estimate of drug-likeness (QED) is 0.920. The molecule has 0 aromatic heterocycles. The summed E-state index contributed by atoms with van der Waals surface area (Å²) < 4.78 is 0. The van der Waals surface area contributed by atoms with Crippen LogP contribution in [0.4, 0.5) is 11.4 Å². The zero-order valence-electron chi connectivity index (χ0n) is 13.1. The summed E-state index contributed by atoms with van der Waals surface area (Å²) in [6, 6.07) is 7.36. The number of benzene rings is 1. The van der Waals surface area contributed by atoms with Crippen molar-refractivity contribution in [3.63, 3.8) is 0 Å². The second-order valence-electron chi connectivity index (χ2n) is 5.94. The molecule has 2 amide bonds. The first-order valence-electron chi connectivity index (χ1n) is 7.28. The molecule has 114 valence electrons. The minimum atomic E-state index is -0.456. The summed E-state index contributed by atoms with van der Waals surface area (Å²) in [5.74, 6) is -0.0286. The Hall–Kier alpha value is -2.04. The van der Waals surface area contributed by atoms with Crippen LogP contribution in [0.15, 0.2) is 24.3 Å². The first-order valence-corrected chi connectivity index (χ1v) is 7.28. The maximum absolute atomic E-state index is 12.7. The SMILES string of the molecule is CC(C)C1NC(=O)CCN(c2cccc(N(C)C)c2)C1=O.